The Morgan fingerprint density at radius 3 is 2.08 bits per heavy atom. The fourth-order valence-corrected chi connectivity index (χ4v) is 17.6. The zero-order chi connectivity index (χ0) is 41.2. The van der Waals surface area contributed by atoms with E-state index in [1.54, 1.807) is 141 Å². The normalized spacial score (nSPS) is 23.2. The molecule has 0 amide bonds. The quantitative estimate of drug-likeness (QED) is 0.149. The van der Waals surface area contributed by atoms with Gasteiger partial charge in [0.15, 0.2) is 11.5 Å². The molecule has 1 saturated heterocycles. The van der Waals surface area contributed by atoms with Crippen LogP contribution < -0.4 is 25.1 Å². The number of nitrogens with zero attached hydrogens (tertiary/aromatic N) is 1. The zero-order valence-electron chi connectivity index (χ0n) is 35.8. The van der Waals surface area contributed by atoms with Crippen LogP contribution in [0.3, 0.4) is 0 Å². The summed E-state index contributed by atoms with van der Waals surface area (Å²) in [7, 11) is 2.43. The molecule has 1 fully saturated rings. The highest BCUT2D eigenvalue weighted by Gasteiger charge is 2.62. The molecule has 13 aromatic rings. The summed E-state index contributed by atoms with van der Waals surface area (Å²) in [6.45, 7) is 2.04. The fraction of sp³-hybridized carbons (Fsp3) is 0.194. The Hall–Kier alpha value is -6.94. The third kappa shape index (κ3) is 3.03. The first-order valence-electron chi connectivity index (χ1n) is 24.1. The Balaban J connectivity index is 0.927. The molecule has 7 aliphatic rings. The first-order chi connectivity index (χ1) is 32.1. The smallest absolute Gasteiger partial charge is 0.162 e. The third-order valence-corrected chi connectivity index (χ3v) is 19.1. The van der Waals surface area contributed by atoms with Crippen molar-refractivity contribution in [2.45, 2.75) is 56.3 Å². The van der Waals surface area contributed by atoms with Gasteiger partial charge in [0.25, 0.3) is 0 Å². The maximum absolute atomic E-state index is 6.87. The van der Waals surface area contributed by atoms with Gasteiger partial charge in [0.05, 0.1) is 0 Å². The molecule has 6 aliphatic carbocycles. The van der Waals surface area contributed by atoms with Crippen LogP contribution in [0.2, 0.25) is 0 Å². The van der Waals surface area contributed by atoms with E-state index in [1.807, 2.05) is 0 Å². The molecule has 0 aromatic heterocycles. The molecule has 4 atom stereocenters. The van der Waals surface area contributed by atoms with Crippen LogP contribution in [0.4, 0.5) is 0 Å². The number of fused-ring (bicyclic) bond motifs is 1. The lowest BCUT2D eigenvalue weighted by atomic mass is 9.60. The number of rotatable bonds is 7. The minimum absolute atomic E-state index is 0.116. The van der Waals surface area contributed by atoms with E-state index in [0.717, 1.165) is 54.9 Å². The highest BCUT2D eigenvalue weighted by molar-refractivity contribution is 6.60. The lowest BCUT2D eigenvalue weighted by Crippen LogP contribution is -2.43. The second kappa shape index (κ2) is 9.69. The minimum atomic E-state index is -0.116. The molecule has 0 saturated carbocycles. The molecule has 20 rings (SSSR count). The third-order valence-electron chi connectivity index (χ3n) is 19.1. The van der Waals surface area contributed by atoms with Crippen molar-refractivity contribution in [3.8, 4) is 11.5 Å². The van der Waals surface area contributed by atoms with E-state index in [1.165, 1.54) is 16.2 Å². The number of benzene rings is 10. The number of likely N-dealkylation sites (tertiary alicyclic amines) is 1. The average molecular weight is 828 g/mol. The summed E-state index contributed by atoms with van der Waals surface area (Å²) in [5, 5.41) is 33.9. The summed E-state index contributed by atoms with van der Waals surface area (Å²) in [6, 6.07) is 36.3. The largest absolute Gasteiger partial charge is 0.485 e. The summed E-state index contributed by atoms with van der Waals surface area (Å²) < 4.78 is 13.5. The Morgan fingerprint density at radius 2 is 1.26 bits per heavy atom. The maximum Gasteiger partial charge on any atom is 0.162 e. The van der Waals surface area contributed by atoms with Crippen molar-refractivity contribution in [3.63, 3.8) is 0 Å². The van der Waals surface area contributed by atoms with Crippen LogP contribution in [0.1, 0.15) is 62.9 Å². The molecule has 3 heteroatoms. The second-order valence-corrected chi connectivity index (χ2v) is 21.7. The lowest BCUT2D eigenvalue weighted by Gasteiger charge is -2.43. The molecule has 13 aromatic carbocycles. The molecule has 0 bridgehead atoms. The number of hydrogen-bond acceptors (Lipinski definition) is 3. The van der Waals surface area contributed by atoms with E-state index in [-0.39, 0.29) is 11.5 Å². The van der Waals surface area contributed by atoms with Crippen LogP contribution in [0.25, 0.3) is 114 Å². The van der Waals surface area contributed by atoms with Gasteiger partial charge < -0.3 is 9.47 Å². The number of likely N-dealkylation sites (N-methyl/N-ethyl adjacent to an activating group) is 1. The molecule has 1 heterocycles. The van der Waals surface area contributed by atoms with Crippen molar-refractivity contribution < 1.29 is 9.47 Å². The summed E-state index contributed by atoms with van der Waals surface area (Å²) >= 11 is 0. The fourth-order valence-electron chi connectivity index (χ4n) is 17.6. The van der Waals surface area contributed by atoms with Crippen LogP contribution in [0, 0.1) is 5.92 Å². The number of hydrogen-bond donors (Lipinski definition) is 0. The monoisotopic (exact) mass is 827 g/mol. The van der Waals surface area contributed by atoms with Crippen LogP contribution >= 0.6 is 0 Å². The maximum atomic E-state index is 6.87. The van der Waals surface area contributed by atoms with E-state index in [4.69, 9.17) is 9.47 Å². The number of ether oxygens (including phenoxy) is 2. The second-order valence-electron chi connectivity index (χ2n) is 21.7. The van der Waals surface area contributed by atoms with Crippen molar-refractivity contribution >= 4 is 114 Å². The van der Waals surface area contributed by atoms with E-state index < -0.39 is 0 Å². The highest BCUT2D eigenvalue weighted by atomic mass is 16.5. The molecule has 4 unspecified atom stereocenters. The van der Waals surface area contributed by atoms with Gasteiger partial charge in [-0.1, -0.05) is 102 Å². The van der Waals surface area contributed by atoms with Crippen LogP contribution in [-0.4, -0.2) is 18.5 Å². The Labute approximate surface area is 371 Å². The first-order valence-corrected chi connectivity index (χ1v) is 24.1. The average Bonchev–Trinajstić information content (AvgIpc) is 4.19. The van der Waals surface area contributed by atoms with Crippen molar-refractivity contribution in [1.82, 2.24) is 4.90 Å². The molecule has 1 spiro atoms. The Morgan fingerprint density at radius 1 is 0.569 bits per heavy atom. The molecule has 3 nitrogen and oxygen atoms in total. The minimum Gasteiger partial charge on any atom is -0.485 e. The van der Waals surface area contributed by atoms with Gasteiger partial charge in [0.2, 0.25) is 0 Å². The van der Waals surface area contributed by atoms with Crippen LogP contribution in [-0.2, 0) is 37.9 Å². The van der Waals surface area contributed by atoms with E-state index >= 15 is 0 Å². The molecule has 302 valence electrons. The van der Waals surface area contributed by atoms with Gasteiger partial charge in [-0.05, 0) is 202 Å². The summed E-state index contributed by atoms with van der Waals surface area (Å²) in [6.07, 6.45) is 7.11. The predicted octanol–water partition coefficient (Wildman–Crippen LogP) is 11.4. The Kier molecular flexibility index (Phi) is 4.74. The van der Waals surface area contributed by atoms with Gasteiger partial charge in [-0.15, -0.1) is 0 Å². The SMILES string of the molecule is CN1CC2C3=c4c5c6c7c(cc8cc9c%10c%11c%12c%13c(cc%14c%15c(c4c4c5c5c7c8c%10c5c%12c4c%15%13)=C(C3)C%14)=CC%11C9)CC62C1c1ccc(OCc2ccccc2)c(OCc2ccccc2)c1. The van der Waals surface area contributed by atoms with Gasteiger partial charge in [-0.2, -0.15) is 0 Å². The van der Waals surface area contributed by atoms with Crippen LogP contribution in [0.15, 0.2) is 97.1 Å². The van der Waals surface area contributed by atoms with Gasteiger partial charge in [-0.3, -0.25) is 4.90 Å². The first kappa shape index (κ1) is 31.8. The van der Waals surface area contributed by atoms with E-state index in [0.29, 0.717) is 25.0 Å². The highest BCUT2D eigenvalue weighted by Crippen LogP contribution is 2.70. The van der Waals surface area contributed by atoms with Gasteiger partial charge in [0.1, 0.15) is 13.2 Å². The summed E-state index contributed by atoms with van der Waals surface area (Å²) in [4.78, 5) is 2.76. The van der Waals surface area contributed by atoms with E-state index in [9.17, 15) is 0 Å². The molecule has 65 heavy (non-hydrogen) atoms. The predicted molar refractivity (Wildman–Crippen MR) is 264 cm³/mol. The topological polar surface area (TPSA) is 21.7 Å². The standard InChI is InChI=1S/C62H37NO2/c1-63-23-37-36-20-34-18-31-16-32-15-29-14-30-17-33-19-35-22-62(37,61(63)28-12-13-38(64-24-26-8-4-2-5-9-26)39(21-28)65-25-27-10-6-3-7-11-27)60-46(35)51-45(33)50-41(30)40(29)48-44(32)49-42(31)43(34)52-47(36)59(60)58-56(51)54(50)53(48)55(49)57(52)58/h2-13,15-17,19,21,29,37,61H,14,18,20,22-25H2,1H3. The molecule has 0 N–H and O–H groups in total. The summed E-state index contributed by atoms with van der Waals surface area (Å²) in [5.41, 5.74) is 15.1. The van der Waals surface area contributed by atoms with Crippen molar-refractivity contribution in [1.29, 1.82) is 0 Å². The van der Waals surface area contributed by atoms with Gasteiger partial charge in [0, 0.05) is 29.8 Å². The van der Waals surface area contributed by atoms with Crippen molar-refractivity contribution in [3.05, 3.63) is 157 Å². The molecule has 1 aliphatic heterocycles. The van der Waals surface area contributed by atoms with E-state index in [2.05, 4.69) is 115 Å². The summed E-state index contributed by atoms with van der Waals surface area (Å²) in [5.74, 6) is 2.51. The van der Waals surface area contributed by atoms with Crippen LogP contribution in [0.5, 0.6) is 11.5 Å². The zero-order valence-corrected chi connectivity index (χ0v) is 35.8. The Bertz CT molecular complexity index is 4640. The molecular formula is C62H37NO2. The molecular weight excluding hydrogens is 791 g/mol. The van der Waals surface area contributed by atoms with Crippen molar-refractivity contribution in [2.75, 3.05) is 13.6 Å². The van der Waals surface area contributed by atoms with Gasteiger partial charge in [-0.25, -0.2) is 0 Å². The molecule has 0 radical (unpaired) electrons. The van der Waals surface area contributed by atoms with Crippen molar-refractivity contribution in [2.24, 2.45) is 5.92 Å². The lowest BCUT2D eigenvalue weighted by molar-refractivity contribution is 0.238. The van der Waals surface area contributed by atoms with Gasteiger partial charge >= 0.3 is 0 Å².